The first-order valence-corrected chi connectivity index (χ1v) is 8.64. The van der Waals surface area contributed by atoms with Gasteiger partial charge in [0.05, 0.1) is 0 Å². The third-order valence-electron chi connectivity index (χ3n) is 3.25. The summed E-state index contributed by atoms with van der Waals surface area (Å²) in [6.45, 7) is 1.91. The highest BCUT2D eigenvalue weighted by molar-refractivity contribution is 7.88. The molecule has 0 aliphatic carbocycles. The molecule has 1 atom stereocenters. The predicted octanol–water partition coefficient (Wildman–Crippen LogP) is 1.89. The lowest BCUT2D eigenvalue weighted by atomic mass is 10.1. The molecule has 7 nitrogen and oxygen atoms in total. The topological polar surface area (TPSA) is 110 Å². The fourth-order valence-electron chi connectivity index (χ4n) is 2.12. The maximum absolute atomic E-state index is 12.2. The van der Waals surface area contributed by atoms with E-state index in [1.165, 1.54) is 0 Å². The lowest BCUT2D eigenvalue weighted by molar-refractivity contribution is -0.139. The van der Waals surface area contributed by atoms with E-state index in [-0.39, 0.29) is 12.1 Å². The Bertz CT molecular complexity index is 753. The van der Waals surface area contributed by atoms with E-state index >= 15 is 0 Å². The van der Waals surface area contributed by atoms with Crippen LogP contribution in [0.2, 0.25) is 0 Å². The van der Waals surface area contributed by atoms with Gasteiger partial charge in [-0.1, -0.05) is 37.1 Å². The number of hydrogen-bond acceptors (Lipinski definition) is 5. The number of carboxylic acids is 1. The minimum atomic E-state index is -3.82. The summed E-state index contributed by atoms with van der Waals surface area (Å²) in [7, 11) is -3.82. The molecular weight excluding hydrogens is 308 g/mol. The molecule has 2 N–H and O–H groups in total. The van der Waals surface area contributed by atoms with Gasteiger partial charge in [0.25, 0.3) is 0 Å². The number of para-hydroxylation sites is 1. The van der Waals surface area contributed by atoms with Crippen LogP contribution in [0, 0.1) is 0 Å². The molecule has 2 aromatic rings. The van der Waals surface area contributed by atoms with Crippen LogP contribution in [-0.4, -0.2) is 30.7 Å². The van der Waals surface area contributed by atoms with Crippen LogP contribution in [0.15, 0.2) is 28.8 Å². The van der Waals surface area contributed by atoms with E-state index in [0.29, 0.717) is 17.4 Å². The van der Waals surface area contributed by atoms with Crippen molar-refractivity contribution in [3.63, 3.8) is 0 Å². The zero-order chi connectivity index (χ0) is 16.2. The summed E-state index contributed by atoms with van der Waals surface area (Å²) in [6.07, 6.45) is 1.68. The van der Waals surface area contributed by atoms with Crippen LogP contribution in [0.5, 0.6) is 0 Å². The van der Waals surface area contributed by atoms with Gasteiger partial charge in [-0.3, -0.25) is 4.79 Å². The Balaban J connectivity index is 2.14. The van der Waals surface area contributed by atoms with Crippen LogP contribution in [0.4, 0.5) is 0 Å². The Hall–Kier alpha value is -1.93. The summed E-state index contributed by atoms with van der Waals surface area (Å²) in [4.78, 5) is 11.1. The third-order valence-corrected chi connectivity index (χ3v) is 4.54. The van der Waals surface area contributed by atoms with Crippen molar-refractivity contribution >= 4 is 27.0 Å². The Morgan fingerprint density at radius 3 is 2.82 bits per heavy atom. The first-order valence-electron chi connectivity index (χ1n) is 6.99. The minimum Gasteiger partial charge on any atom is -0.480 e. The molecule has 0 saturated heterocycles. The molecule has 1 heterocycles. The van der Waals surface area contributed by atoms with Gasteiger partial charge in [-0.2, -0.15) is 0 Å². The fraction of sp³-hybridized carbons (Fsp3) is 0.429. The molecule has 22 heavy (non-hydrogen) atoms. The molecule has 1 aromatic carbocycles. The van der Waals surface area contributed by atoms with Gasteiger partial charge in [-0.05, 0) is 18.6 Å². The fourth-order valence-corrected chi connectivity index (χ4v) is 3.43. The lowest BCUT2D eigenvalue weighted by Crippen LogP contribution is -2.41. The summed E-state index contributed by atoms with van der Waals surface area (Å²) < 4.78 is 31.6. The molecule has 0 radical (unpaired) electrons. The van der Waals surface area contributed by atoms with E-state index in [0.717, 1.165) is 6.42 Å². The molecule has 0 fully saturated rings. The molecule has 0 amide bonds. The van der Waals surface area contributed by atoms with Crippen molar-refractivity contribution in [3.05, 3.63) is 30.0 Å². The van der Waals surface area contributed by atoms with E-state index < -0.39 is 27.8 Å². The first-order chi connectivity index (χ1) is 10.4. The van der Waals surface area contributed by atoms with Gasteiger partial charge in [-0.15, -0.1) is 0 Å². The number of sulfonamides is 1. The molecule has 0 spiro atoms. The third kappa shape index (κ3) is 4.05. The van der Waals surface area contributed by atoms with Crippen molar-refractivity contribution in [2.24, 2.45) is 0 Å². The number of aromatic nitrogens is 1. The van der Waals surface area contributed by atoms with Gasteiger partial charge in [0.15, 0.2) is 5.58 Å². The first kappa shape index (κ1) is 16.4. The Morgan fingerprint density at radius 1 is 1.41 bits per heavy atom. The van der Waals surface area contributed by atoms with Crippen LogP contribution >= 0.6 is 0 Å². The molecule has 120 valence electrons. The van der Waals surface area contributed by atoms with Crippen molar-refractivity contribution in [1.29, 1.82) is 0 Å². The van der Waals surface area contributed by atoms with Crippen molar-refractivity contribution in [3.8, 4) is 0 Å². The zero-order valence-corrected chi connectivity index (χ0v) is 13.0. The van der Waals surface area contributed by atoms with Crippen LogP contribution in [0.3, 0.4) is 0 Å². The molecule has 0 aliphatic heterocycles. The normalized spacial score (nSPS) is 13.3. The average molecular weight is 326 g/mol. The minimum absolute atomic E-state index is 0.255. The summed E-state index contributed by atoms with van der Waals surface area (Å²) in [5.41, 5.74) is 0.760. The molecular formula is C14H18N2O5S. The van der Waals surface area contributed by atoms with Crippen molar-refractivity contribution < 1.29 is 22.8 Å². The standard InChI is InChI=1S/C14H18N2O5S/c1-2-3-7-11(14(17)18)16-22(19,20)9-12-10-6-4-5-8-13(10)21-15-12/h4-6,8,11,16H,2-3,7,9H2,1H3,(H,17,18)/t11-/m0/s1. The second kappa shape index (κ2) is 6.89. The van der Waals surface area contributed by atoms with Gasteiger partial charge in [-0.25, -0.2) is 13.1 Å². The highest BCUT2D eigenvalue weighted by Gasteiger charge is 2.25. The van der Waals surface area contributed by atoms with Gasteiger partial charge in [0, 0.05) is 5.39 Å². The Labute approximate surface area is 128 Å². The van der Waals surface area contributed by atoms with Crippen LogP contribution in [0.25, 0.3) is 11.0 Å². The van der Waals surface area contributed by atoms with E-state index in [1.807, 2.05) is 6.92 Å². The number of rotatable bonds is 8. The highest BCUT2D eigenvalue weighted by atomic mass is 32.2. The van der Waals surface area contributed by atoms with E-state index in [9.17, 15) is 13.2 Å². The van der Waals surface area contributed by atoms with Crippen LogP contribution in [-0.2, 0) is 20.6 Å². The van der Waals surface area contributed by atoms with Crippen molar-refractivity contribution in [2.45, 2.75) is 38.0 Å². The number of nitrogens with zero attached hydrogens (tertiary/aromatic N) is 1. The number of carbonyl (C=O) groups is 1. The average Bonchev–Trinajstić information content (AvgIpc) is 2.86. The number of unbranched alkanes of at least 4 members (excludes halogenated alkanes) is 1. The van der Waals surface area contributed by atoms with Gasteiger partial charge < -0.3 is 9.63 Å². The smallest absolute Gasteiger partial charge is 0.321 e. The van der Waals surface area contributed by atoms with Crippen LogP contribution in [0.1, 0.15) is 31.9 Å². The number of aliphatic carboxylic acids is 1. The molecule has 0 unspecified atom stereocenters. The molecule has 0 saturated carbocycles. The van der Waals surface area contributed by atoms with Crippen LogP contribution < -0.4 is 4.72 Å². The van der Waals surface area contributed by atoms with Crippen molar-refractivity contribution in [1.82, 2.24) is 9.88 Å². The Morgan fingerprint density at radius 2 is 2.14 bits per heavy atom. The second-order valence-electron chi connectivity index (χ2n) is 5.04. The molecule has 2 rings (SSSR count). The molecule has 1 aromatic heterocycles. The lowest BCUT2D eigenvalue weighted by Gasteiger charge is -2.13. The number of hydrogen-bond donors (Lipinski definition) is 2. The van der Waals surface area contributed by atoms with Gasteiger partial charge in [0.2, 0.25) is 10.0 Å². The molecule has 0 bridgehead atoms. The summed E-state index contributed by atoms with van der Waals surface area (Å²) >= 11 is 0. The molecule has 8 heteroatoms. The highest BCUT2D eigenvalue weighted by Crippen LogP contribution is 2.19. The summed E-state index contributed by atoms with van der Waals surface area (Å²) in [5, 5.41) is 13.5. The molecule has 0 aliphatic rings. The van der Waals surface area contributed by atoms with E-state index in [2.05, 4.69) is 9.88 Å². The second-order valence-corrected chi connectivity index (χ2v) is 6.79. The maximum atomic E-state index is 12.2. The SMILES string of the molecule is CCCC[C@H](NS(=O)(=O)Cc1noc2ccccc12)C(=O)O. The van der Waals surface area contributed by atoms with Gasteiger partial charge >= 0.3 is 5.97 Å². The predicted molar refractivity (Wildman–Crippen MR) is 80.7 cm³/mol. The number of fused-ring (bicyclic) bond motifs is 1. The Kier molecular flexibility index (Phi) is 5.15. The number of benzene rings is 1. The van der Waals surface area contributed by atoms with E-state index in [4.69, 9.17) is 9.63 Å². The number of carboxylic acid groups (broad SMARTS) is 1. The monoisotopic (exact) mass is 326 g/mol. The number of nitrogens with one attached hydrogen (secondary N) is 1. The van der Waals surface area contributed by atoms with Gasteiger partial charge in [0.1, 0.15) is 17.5 Å². The summed E-state index contributed by atoms with van der Waals surface area (Å²) in [5.74, 6) is -1.60. The maximum Gasteiger partial charge on any atom is 0.321 e. The summed E-state index contributed by atoms with van der Waals surface area (Å²) in [6, 6.07) is 5.79. The van der Waals surface area contributed by atoms with E-state index in [1.54, 1.807) is 24.3 Å². The largest absolute Gasteiger partial charge is 0.480 e. The van der Waals surface area contributed by atoms with Crippen molar-refractivity contribution in [2.75, 3.05) is 0 Å². The zero-order valence-electron chi connectivity index (χ0n) is 12.2. The quantitative estimate of drug-likeness (QED) is 0.766.